The lowest BCUT2D eigenvalue weighted by molar-refractivity contribution is 0.0328. The summed E-state index contributed by atoms with van der Waals surface area (Å²) in [6, 6.07) is 7.66. The summed E-state index contributed by atoms with van der Waals surface area (Å²) < 4.78 is 7.43. The van der Waals surface area contributed by atoms with Crippen molar-refractivity contribution in [2.24, 2.45) is 0 Å². The largest absolute Gasteiger partial charge is 0.379 e. The highest BCUT2D eigenvalue weighted by Gasteiger charge is 2.27. The van der Waals surface area contributed by atoms with E-state index in [1.54, 1.807) is 11.9 Å². The molecule has 0 radical (unpaired) electrons. The molecule has 2 aliphatic heterocycles. The van der Waals surface area contributed by atoms with Crippen molar-refractivity contribution in [1.29, 1.82) is 0 Å². The molecular weight excluding hydrogens is 294 g/mol. The second-order valence-electron chi connectivity index (χ2n) is 5.93. The number of rotatable bonds is 2. The molecular formula is C16H19N5O2. The number of hydrogen-bond acceptors (Lipinski definition) is 5. The second-order valence-corrected chi connectivity index (χ2v) is 5.93. The van der Waals surface area contributed by atoms with Gasteiger partial charge in [0.15, 0.2) is 11.6 Å². The van der Waals surface area contributed by atoms with Crippen LogP contribution in [-0.2, 0) is 17.8 Å². The highest BCUT2D eigenvalue weighted by atomic mass is 16.5. The molecule has 0 saturated carbocycles. The number of hydrogen-bond donors (Lipinski definition) is 0. The monoisotopic (exact) mass is 313 g/mol. The Morgan fingerprint density at radius 2 is 1.96 bits per heavy atom. The molecule has 7 nitrogen and oxygen atoms in total. The molecule has 0 spiro atoms. The van der Waals surface area contributed by atoms with Crippen LogP contribution in [0.1, 0.15) is 22.0 Å². The molecule has 7 heteroatoms. The molecule has 1 fully saturated rings. The number of ether oxygens (including phenoxy) is 1. The quantitative estimate of drug-likeness (QED) is 0.816. The molecule has 0 unspecified atom stereocenters. The summed E-state index contributed by atoms with van der Waals surface area (Å²) in [4.78, 5) is 16.5. The summed E-state index contributed by atoms with van der Waals surface area (Å²) in [6.07, 6.45) is 0. The van der Waals surface area contributed by atoms with Gasteiger partial charge in [-0.15, -0.1) is 10.2 Å². The Hall–Kier alpha value is -2.25. The third-order valence-electron chi connectivity index (χ3n) is 4.37. The third-order valence-corrected chi connectivity index (χ3v) is 4.37. The molecule has 1 aromatic carbocycles. The fourth-order valence-corrected chi connectivity index (χ4v) is 3.13. The molecule has 1 saturated heterocycles. The fourth-order valence-electron chi connectivity index (χ4n) is 3.13. The first-order chi connectivity index (χ1) is 11.2. The zero-order valence-electron chi connectivity index (χ0n) is 13.1. The molecule has 0 atom stereocenters. The number of aromatic nitrogens is 3. The molecule has 3 heterocycles. The number of nitrogens with zero attached hydrogens (tertiary/aromatic N) is 5. The smallest absolute Gasteiger partial charge is 0.256 e. The van der Waals surface area contributed by atoms with Crippen molar-refractivity contribution >= 4 is 5.91 Å². The van der Waals surface area contributed by atoms with Crippen molar-refractivity contribution in [2.45, 2.75) is 13.1 Å². The summed E-state index contributed by atoms with van der Waals surface area (Å²) in [5, 5.41) is 8.71. The number of carbonyl (C=O) groups excluding carboxylic acids is 1. The van der Waals surface area contributed by atoms with Crippen LogP contribution in [0.25, 0.3) is 5.69 Å². The minimum atomic E-state index is 0.0171. The van der Waals surface area contributed by atoms with Gasteiger partial charge in [0, 0.05) is 20.1 Å². The van der Waals surface area contributed by atoms with Gasteiger partial charge >= 0.3 is 0 Å². The van der Waals surface area contributed by atoms with Crippen LogP contribution < -0.4 is 0 Å². The minimum absolute atomic E-state index is 0.0171. The van der Waals surface area contributed by atoms with E-state index >= 15 is 0 Å². The average molecular weight is 313 g/mol. The first kappa shape index (κ1) is 14.3. The van der Waals surface area contributed by atoms with Gasteiger partial charge in [0.25, 0.3) is 5.91 Å². The Labute approximate surface area is 134 Å². The lowest BCUT2D eigenvalue weighted by Crippen LogP contribution is -2.36. The molecule has 1 amide bonds. The van der Waals surface area contributed by atoms with Crippen LogP contribution in [0.4, 0.5) is 0 Å². The van der Waals surface area contributed by atoms with Crippen LogP contribution in [0.3, 0.4) is 0 Å². The minimum Gasteiger partial charge on any atom is -0.379 e. The Morgan fingerprint density at radius 3 is 2.78 bits per heavy atom. The molecule has 23 heavy (non-hydrogen) atoms. The first-order valence-corrected chi connectivity index (χ1v) is 7.82. The Morgan fingerprint density at radius 1 is 1.17 bits per heavy atom. The maximum Gasteiger partial charge on any atom is 0.256 e. The fraction of sp³-hybridized carbons (Fsp3) is 0.438. The zero-order chi connectivity index (χ0) is 15.8. The maximum atomic E-state index is 12.5. The third kappa shape index (κ3) is 2.51. The summed E-state index contributed by atoms with van der Waals surface area (Å²) >= 11 is 0. The van der Waals surface area contributed by atoms with Crippen molar-refractivity contribution in [1.82, 2.24) is 24.6 Å². The van der Waals surface area contributed by atoms with Crippen LogP contribution >= 0.6 is 0 Å². The summed E-state index contributed by atoms with van der Waals surface area (Å²) in [7, 11) is 1.80. The van der Waals surface area contributed by atoms with Gasteiger partial charge in [-0.1, -0.05) is 12.1 Å². The molecule has 0 bridgehead atoms. The lowest BCUT2D eigenvalue weighted by Gasteiger charge is -2.26. The predicted octanol–water partition coefficient (Wildman–Crippen LogP) is 0.685. The van der Waals surface area contributed by atoms with Gasteiger partial charge in [0.1, 0.15) is 0 Å². The zero-order valence-corrected chi connectivity index (χ0v) is 13.1. The number of morpholine rings is 1. The number of fused-ring (bicyclic) bond motifs is 3. The number of amides is 1. The molecule has 1 aromatic heterocycles. The van der Waals surface area contributed by atoms with Crippen molar-refractivity contribution in [3.05, 3.63) is 41.5 Å². The van der Waals surface area contributed by atoms with Crippen LogP contribution in [0, 0.1) is 0 Å². The van der Waals surface area contributed by atoms with Gasteiger partial charge in [-0.3, -0.25) is 14.3 Å². The summed E-state index contributed by atoms with van der Waals surface area (Å²) in [5.41, 5.74) is 1.56. The van der Waals surface area contributed by atoms with E-state index in [1.165, 1.54) is 0 Å². The normalized spacial score (nSPS) is 18.5. The van der Waals surface area contributed by atoms with Crippen molar-refractivity contribution in [3.63, 3.8) is 0 Å². The topological polar surface area (TPSA) is 63.5 Å². The van der Waals surface area contributed by atoms with E-state index in [9.17, 15) is 4.79 Å². The van der Waals surface area contributed by atoms with Crippen molar-refractivity contribution < 1.29 is 9.53 Å². The standard InChI is InChI=1S/C16H19N5O2/c1-19-10-14-17-18-15(11-20-6-8-23-9-7-20)21(14)13-5-3-2-4-12(13)16(19)22/h2-5H,6-11H2,1H3. The van der Waals surface area contributed by atoms with E-state index in [-0.39, 0.29) is 5.91 Å². The van der Waals surface area contributed by atoms with Crippen molar-refractivity contribution in [3.8, 4) is 5.69 Å². The Bertz CT molecular complexity index is 736. The number of para-hydroxylation sites is 1. The molecule has 120 valence electrons. The van der Waals surface area contributed by atoms with Gasteiger partial charge in [0.2, 0.25) is 0 Å². The Kier molecular flexibility index (Phi) is 3.59. The van der Waals surface area contributed by atoms with Gasteiger partial charge < -0.3 is 9.64 Å². The number of carbonyl (C=O) groups is 1. The van der Waals surface area contributed by atoms with Crippen LogP contribution in [-0.4, -0.2) is 63.8 Å². The summed E-state index contributed by atoms with van der Waals surface area (Å²) in [5.74, 6) is 1.69. The van der Waals surface area contributed by atoms with Crippen LogP contribution in [0.15, 0.2) is 24.3 Å². The number of benzene rings is 1. The maximum absolute atomic E-state index is 12.5. The van der Waals surface area contributed by atoms with E-state index in [2.05, 4.69) is 15.1 Å². The molecule has 4 rings (SSSR count). The molecule has 0 N–H and O–H groups in total. The first-order valence-electron chi connectivity index (χ1n) is 7.82. The Balaban J connectivity index is 1.77. The summed E-state index contributed by atoms with van der Waals surface area (Å²) in [6.45, 7) is 4.45. The van der Waals surface area contributed by atoms with E-state index in [4.69, 9.17) is 4.74 Å². The highest BCUT2D eigenvalue weighted by Crippen LogP contribution is 2.24. The van der Waals surface area contributed by atoms with E-state index < -0.39 is 0 Å². The van der Waals surface area contributed by atoms with Gasteiger partial charge in [-0.25, -0.2) is 0 Å². The SMILES string of the molecule is CN1Cc2nnc(CN3CCOCC3)n2-c2ccccc2C1=O. The molecule has 2 aliphatic rings. The average Bonchev–Trinajstić information content (AvgIpc) is 2.92. The van der Waals surface area contributed by atoms with Gasteiger partial charge in [-0.2, -0.15) is 0 Å². The van der Waals surface area contributed by atoms with E-state index in [0.29, 0.717) is 18.7 Å². The van der Waals surface area contributed by atoms with Gasteiger partial charge in [0.05, 0.1) is 37.6 Å². The lowest BCUT2D eigenvalue weighted by atomic mass is 10.1. The molecule has 0 aliphatic carbocycles. The van der Waals surface area contributed by atoms with Gasteiger partial charge in [-0.05, 0) is 12.1 Å². The van der Waals surface area contributed by atoms with Crippen LogP contribution in [0.2, 0.25) is 0 Å². The van der Waals surface area contributed by atoms with E-state index in [1.807, 2.05) is 28.8 Å². The second kappa shape index (κ2) is 5.75. The predicted molar refractivity (Wildman–Crippen MR) is 83.3 cm³/mol. The van der Waals surface area contributed by atoms with Crippen LogP contribution in [0.5, 0.6) is 0 Å². The van der Waals surface area contributed by atoms with E-state index in [0.717, 1.165) is 43.6 Å². The van der Waals surface area contributed by atoms with Crippen molar-refractivity contribution in [2.75, 3.05) is 33.4 Å². The highest BCUT2D eigenvalue weighted by molar-refractivity contribution is 5.98. The molecule has 2 aromatic rings.